The van der Waals surface area contributed by atoms with E-state index in [1.807, 2.05) is 61.7 Å². The minimum Gasteiger partial charge on any atom is -0.324 e. The predicted molar refractivity (Wildman–Crippen MR) is 101 cm³/mol. The summed E-state index contributed by atoms with van der Waals surface area (Å²) in [7, 11) is 0. The van der Waals surface area contributed by atoms with Crippen LogP contribution in [0.5, 0.6) is 0 Å². The lowest BCUT2D eigenvalue weighted by atomic mass is 10.3. The standard InChI is InChI=1S/C19H15N5S/c1-13-17(25-18(22-13)14-6-5-10-20-12-14)16-9-11-21-19(24-16)23-15-7-3-2-4-8-15/h2-12H,1H3,(H,21,23,24). The van der Waals surface area contributed by atoms with E-state index in [9.17, 15) is 0 Å². The van der Waals surface area contributed by atoms with Crippen LogP contribution < -0.4 is 5.32 Å². The average Bonchev–Trinajstić information content (AvgIpc) is 3.05. The van der Waals surface area contributed by atoms with Crippen LogP contribution in [-0.4, -0.2) is 19.9 Å². The minimum atomic E-state index is 0.569. The van der Waals surface area contributed by atoms with Crippen LogP contribution in [0.15, 0.2) is 67.1 Å². The quantitative estimate of drug-likeness (QED) is 0.580. The second kappa shape index (κ2) is 6.78. The van der Waals surface area contributed by atoms with Gasteiger partial charge in [-0.15, -0.1) is 11.3 Å². The number of aryl methyl sites for hydroxylation is 1. The molecule has 122 valence electrons. The molecule has 25 heavy (non-hydrogen) atoms. The first-order valence-electron chi connectivity index (χ1n) is 7.83. The molecule has 0 bridgehead atoms. The maximum atomic E-state index is 4.67. The van der Waals surface area contributed by atoms with Crippen molar-refractivity contribution in [3.63, 3.8) is 0 Å². The smallest absolute Gasteiger partial charge is 0.227 e. The Morgan fingerprint density at radius 1 is 0.920 bits per heavy atom. The molecule has 0 spiro atoms. The highest BCUT2D eigenvalue weighted by atomic mass is 32.1. The highest BCUT2D eigenvalue weighted by Gasteiger charge is 2.13. The molecule has 0 aliphatic carbocycles. The Hall–Kier alpha value is -3.12. The fourth-order valence-electron chi connectivity index (χ4n) is 2.44. The predicted octanol–water partition coefficient (Wildman–Crippen LogP) is 4.71. The highest BCUT2D eigenvalue weighted by molar-refractivity contribution is 7.18. The number of aromatic nitrogens is 4. The first-order valence-corrected chi connectivity index (χ1v) is 8.64. The first-order chi connectivity index (χ1) is 12.3. The Morgan fingerprint density at radius 2 is 1.80 bits per heavy atom. The van der Waals surface area contributed by atoms with Crippen molar-refractivity contribution >= 4 is 23.0 Å². The molecule has 4 aromatic rings. The number of hydrogen-bond acceptors (Lipinski definition) is 6. The average molecular weight is 345 g/mol. The maximum Gasteiger partial charge on any atom is 0.227 e. The van der Waals surface area contributed by atoms with E-state index in [-0.39, 0.29) is 0 Å². The number of hydrogen-bond donors (Lipinski definition) is 1. The maximum absolute atomic E-state index is 4.67. The molecular formula is C19H15N5S. The van der Waals surface area contributed by atoms with Gasteiger partial charge in [-0.3, -0.25) is 4.98 Å². The Bertz CT molecular complexity index is 983. The van der Waals surface area contributed by atoms with Crippen LogP contribution in [-0.2, 0) is 0 Å². The zero-order valence-corrected chi connectivity index (χ0v) is 14.4. The number of benzene rings is 1. The van der Waals surface area contributed by atoms with Crippen molar-refractivity contribution in [2.24, 2.45) is 0 Å². The number of nitrogens with zero attached hydrogens (tertiary/aromatic N) is 4. The van der Waals surface area contributed by atoms with Crippen molar-refractivity contribution in [3.8, 4) is 21.1 Å². The van der Waals surface area contributed by atoms with Crippen molar-refractivity contribution < 1.29 is 0 Å². The zero-order valence-electron chi connectivity index (χ0n) is 13.5. The summed E-state index contributed by atoms with van der Waals surface area (Å²) in [6.45, 7) is 2.00. The topological polar surface area (TPSA) is 63.6 Å². The van der Waals surface area contributed by atoms with Crippen LogP contribution in [0.2, 0.25) is 0 Å². The van der Waals surface area contributed by atoms with Crippen molar-refractivity contribution in [2.75, 3.05) is 5.32 Å². The third-order valence-electron chi connectivity index (χ3n) is 3.62. The SMILES string of the molecule is Cc1nc(-c2cccnc2)sc1-c1ccnc(Nc2ccccc2)n1. The molecule has 0 unspecified atom stereocenters. The van der Waals surface area contributed by atoms with Crippen LogP contribution in [0.1, 0.15) is 5.69 Å². The lowest BCUT2D eigenvalue weighted by Gasteiger charge is -2.05. The van der Waals surface area contributed by atoms with Gasteiger partial charge in [-0.25, -0.2) is 15.0 Å². The molecular weight excluding hydrogens is 330 g/mol. The molecule has 0 aliphatic rings. The van der Waals surface area contributed by atoms with E-state index < -0.39 is 0 Å². The lowest BCUT2D eigenvalue weighted by molar-refractivity contribution is 1.16. The number of nitrogens with one attached hydrogen (secondary N) is 1. The van der Waals surface area contributed by atoms with E-state index in [0.717, 1.165) is 32.5 Å². The number of para-hydroxylation sites is 1. The number of anilines is 2. The van der Waals surface area contributed by atoms with Crippen molar-refractivity contribution in [3.05, 3.63) is 72.8 Å². The van der Waals surface area contributed by atoms with Gasteiger partial charge in [-0.1, -0.05) is 18.2 Å². The van der Waals surface area contributed by atoms with Gasteiger partial charge in [-0.05, 0) is 37.3 Å². The Kier molecular flexibility index (Phi) is 4.18. The molecule has 1 aromatic carbocycles. The van der Waals surface area contributed by atoms with Gasteiger partial charge in [0.15, 0.2) is 0 Å². The summed E-state index contributed by atoms with van der Waals surface area (Å²) in [5.74, 6) is 0.569. The monoisotopic (exact) mass is 345 g/mol. The third-order valence-corrected chi connectivity index (χ3v) is 4.85. The van der Waals surface area contributed by atoms with E-state index in [1.165, 1.54) is 0 Å². The largest absolute Gasteiger partial charge is 0.324 e. The molecule has 0 saturated heterocycles. The van der Waals surface area contributed by atoms with Crippen molar-refractivity contribution in [1.29, 1.82) is 0 Å². The molecule has 3 aromatic heterocycles. The van der Waals surface area contributed by atoms with Crippen molar-refractivity contribution in [2.45, 2.75) is 6.92 Å². The summed E-state index contributed by atoms with van der Waals surface area (Å²) in [5, 5.41) is 4.17. The van der Waals surface area contributed by atoms with Gasteiger partial charge in [-0.2, -0.15) is 0 Å². The molecule has 6 heteroatoms. The normalized spacial score (nSPS) is 10.6. The second-order valence-electron chi connectivity index (χ2n) is 5.43. The Labute approximate surface area is 149 Å². The summed E-state index contributed by atoms with van der Waals surface area (Å²) < 4.78 is 0. The van der Waals surface area contributed by atoms with E-state index in [1.54, 1.807) is 23.7 Å². The molecule has 0 amide bonds. The van der Waals surface area contributed by atoms with Crippen LogP contribution >= 0.6 is 11.3 Å². The van der Waals surface area contributed by atoms with Gasteiger partial charge < -0.3 is 5.32 Å². The van der Waals surface area contributed by atoms with Gasteiger partial charge in [0, 0.05) is 29.8 Å². The van der Waals surface area contributed by atoms with Crippen LogP contribution in [0.4, 0.5) is 11.6 Å². The van der Waals surface area contributed by atoms with Crippen LogP contribution in [0, 0.1) is 6.92 Å². The van der Waals surface area contributed by atoms with Gasteiger partial charge in [0.2, 0.25) is 5.95 Å². The molecule has 0 fully saturated rings. The lowest BCUT2D eigenvalue weighted by Crippen LogP contribution is -1.97. The van der Waals surface area contributed by atoms with Gasteiger partial charge >= 0.3 is 0 Å². The molecule has 4 rings (SSSR count). The fraction of sp³-hybridized carbons (Fsp3) is 0.0526. The first kappa shape index (κ1) is 15.4. The van der Waals surface area contributed by atoms with Gasteiger partial charge in [0.1, 0.15) is 5.01 Å². The van der Waals surface area contributed by atoms with Crippen LogP contribution in [0.3, 0.4) is 0 Å². The van der Waals surface area contributed by atoms with Crippen LogP contribution in [0.25, 0.3) is 21.1 Å². The van der Waals surface area contributed by atoms with E-state index >= 15 is 0 Å². The van der Waals surface area contributed by atoms with E-state index in [2.05, 4.69) is 25.3 Å². The molecule has 0 atom stereocenters. The molecule has 0 radical (unpaired) electrons. The fourth-order valence-corrected chi connectivity index (χ4v) is 3.47. The van der Waals surface area contributed by atoms with E-state index in [4.69, 9.17) is 0 Å². The number of thiazole rings is 1. The molecule has 3 heterocycles. The summed E-state index contributed by atoms with van der Waals surface area (Å²) >= 11 is 1.61. The molecule has 5 nitrogen and oxygen atoms in total. The minimum absolute atomic E-state index is 0.569. The third kappa shape index (κ3) is 3.39. The summed E-state index contributed by atoms with van der Waals surface area (Å²) in [4.78, 5) is 18.8. The Balaban J connectivity index is 1.66. The summed E-state index contributed by atoms with van der Waals surface area (Å²) in [6.07, 6.45) is 5.34. The summed E-state index contributed by atoms with van der Waals surface area (Å²) in [6, 6.07) is 15.7. The summed E-state index contributed by atoms with van der Waals surface area (Å²) in [5.41, 5.74) is 3.78. The second-order valence-corrected chi connectivity index (χ2v) is 6.43. The number of pyridine rings is 1. The number of rotatable bonds is 4. The zero-order chi connectivity index (χ0) is 17.1. The van der Waals surface area contributed by atoms with Gasteiger partial charge in [0.25, 0.3) is 0 Å². The molecule has 1 N–H and O–H groups in total. The highest BCUT2D eigenvalue weighted by Crippen LogP contribution is 2.34. The van der Waals surface area contributed by atoms with E-state index in [0.29, 0.717) is 5.95 Å². The molecule has 0 saturated carbocycles. The van der Waals surface area contributed by atoms with Gasteiger partial charge in [0.05, 0.1) is 16.3 Å². The molecule has 0 aliphatic heterocycles. The van der Waals surface area contributed by atoms with Crippen molar-refractivity contribution in [1.82, 2.24) is 19.9 Å². The Morgan fingerprint density at radius 3 is 2.60 bits per heavy atom.